The highest BCUT2D eigenvalue weighted by Crippen LogP contribution is 2.22. The first kappa shape index (κ1) is 15.0. The van der Waals surface area contributed by atoms with Gasteiger partial charge in [0.05, 0.1) is 4.90 Å². The van der Waals surface area contributed by atoms with Crippen molar-refractivity contribution in [2.24, 2.45) is 5.92 Å². The number of nitrogens with one attached hydrogen (secondary N) is 1. The number of rotatable bonds is 5. The van der Waals surface area contributed by atoms with Crippen LogP contribution in [0.2, 0.25) is 0 Å². The maximum atomic E-state index is 11.5. The van der Waals surface area contributed by atoms with Gasteiger partial charge in [0.2, 0.25) is 0 Å². The quantitative estimate of drug-likeness (QED) is 0.892. The lowest BCUT2D eigenvalue weighted by molar-refractivity contribution is 0.539. The van der Waals surface area contributed by atoms with Gasteiger partial charge in [-0.3, -0.25) is 0 Å². The molecule has 1 rings (SSSR count). The van der Waals surface area contributed by atoms with E-state index in [1.165, 1.54) is 6.26 Å². The summed E-state index contributed by atoms with van der Waals surface area (Å²) in [5.74, 6) is 0.617. The standard InChI is InChI=1S/C14H23NO2S/c1-10(2)8-12(4)15-14-9-13(18(5,16)17)7-6-11(14)3/h6-7,9-10,12,15H,8H2,1-5H3. The highest BCUT2D eigenvalue weighted by molar-refractivity contribution is 7.90. The van der Waals surface area contributed by atoms with E-state index in [0.29, 0.717) is 16.9 Å². The van der Waals surface area contributed by atoms with Gasteiger partial charge in [0.1, 0.15) is 0 Å². The minimum absolute atomic E-state index is 0.332. The molecule has 4 heteroatoms. The van der Waals surface area contributed by atoms with Crippen LogP contribution in [0.25, 0.3) is 0 Å². The molecule has 0 saturated carbocycles. The summed E-state index contributed by atoms with van der Waals surface area (Å²) in [6, 6.07) is 5.56. The Balaban J connectivity index is 2.95. The number of benzene rings is 1. The number of hydrogen-bond acceptors (Lipinski definition) is 3. The molecule has 0 amide bonds. The second-order valence-corrected chi connectivity index (χ2v) is 7.44. The minimum Gasteiger partial charge on any atom is -0.382 e. The van der Waals surface area contributed by atoms with Crippen LogP contribution in [-0.4, -0.2) is 20.7 Å². The van der Waals surface area contributed by atoms with Gasteiger partial charge in [0.15, 0.2) is 9.84 Å². The maximum Gasteiger partial charge on any atom is 0.175 e. The van der Waals surface area contributed by atoms with E-state index in [1.807, 2.05) is 13.0 Å². The average molecular weight is 269 g/mol. The third kappa shape index (κ3) is 4.33. The van der Waals surface area contributed by atoms with Crippen LogP contribution in [0.1, 0.15) is 32.8 Å². The predicted molar refractivity (Wildman–Crippen MR) is 76.8 cm³/mol. The van der Waals surface area contributed by atoms with Crippen molar-refractivity contribution in [2.75, 3.05) is 11.6 Å². The molecule has 0 aromatic heterocycles. The summed E-state index contributed by atoms with van der Waals surface area (Å²) < 4.78 is 23.1. The average Bonchev–Trinajstić information content (AvgIpc) is 2.18. The lowest BCUT2D eigenvalue weighted by Crippen LogP contribution is -2.18. The van der Waals surface area contributed by atoms with Gasteiger partial charge in [-0.2, -0.15) is 0 Å². The first-order valence-electron chi connectivity index (χ1n) is 6.27. The van der Waals surface area contributed by atoms with Crippen molar-refractivity contribution in [3.8, 4) is 0 Å². The van der Waals surface area contributed by atoms with Crippen molar-refractivity contribution >= 4 is 15.5 Å². The summed E-state index contributed by atoms with van der Waals surface area (Å²) in [5.41, 5.74) is 1.98. The molecule has 0 heterocycles. The summed E-state index contributed by atoms with van der Waals surface area (Å²) in [4.78, 5) is 0.368. The number of aryl methyl sites for hydroxylation is 1. The van der Waals surface area contributed by atoms with Crippen molar-refractivity contribution in [1.29, 1.82) is 0 Å². The third-order valence-corrected chi connectivity index (χ3v) is 3.97. The van der Waals surface area contributed by atoms with Gasteiger partial charge in [0, 0.05) is 18.0 Å². The summed E-state index contributed by atoms with van der Waals surface area (Å²) in [5, 5.41) is 3.39. The third-order valence-electron chi connectivity index (χ3n) is 2.86. The molecule has 1 aromatic carbocycles. The molecule has 0 saturated heterocycles. The zero-order valence-corrected chi connectivity index (χ0v) is 12.6. The Hall–Kier alpha value is -1.03. The molecule has 1 atom stereocenters. The number of sulfone groups is 1. The molecule has 1 N–H and O–H groups in total. The van der Waals surface area contributed by atoms with Gasteiger partial charge in [-0.25, -0.2) is 8.42 Å². The van der Waals surface area contributed by atoms with Crippen LogP contribution in [0.4, 0.5) is 5.69 Å². The van der Waals surface area contributed by atoms with Crippen LogP contribution in [0, 0.1) is 12.8 Å². The van der Waals surface area contributed by atoms with Crippen molar-refractivity contribution in [1.82, 2.24) is 0 Å². The Bertz CT molecular complexity index is 507. The Morgan fingerprint density at radius 1 is 1.22 bits per heavy atom. The predicted octanol–water partition coefficient (Wildman–Crippen LogP) is 3.25. The second kappa shape index (κ2) is 5.74. The SMILES string of the molecule is Cc1ccc(S(C)(=O)=O)cc1NC(C)CC(C)C. The van der Waals surface area contributed by atoms with E-state index in [0.717, 1.165) is 17.7 Å². The highest BCUT2D eigenvalue weighted by atomic mass is 32.2. The van der Waals surface area contributed by atoms with Crippen LogP contribution in [0.3, 0.4) is 0 Å². The Labute approximate surface area is 111 Å². The van der Waals surface area contributed by atoms with Crippen molar-refractivity contribution in [2.45, 2.75) is 45.1 Å². The summed E-state index contributed by atoms with van der Waals surface area (Å²) >= 11 is 0. The minimum atomic E-state index is -3.14. The van der Waals surface area contributed by atoms with Crippen molar-refractivity contribution in [3.05, 3.63) is 23.8 Å². The smallest absolute Gasteiger partial charge is 0.175 e. The van der Waals surface area contributed by atoms with Crippen LogP contribution in [0.15, 0.2) is 23.1 Å². The van der Waals surface area contributed by atoms with Gasteiger partial charge in [-0.05, 0) is 43.9 Å². The zero-order chi connectivity index (χ0) is 13.9. The fraction of sp³-hybridized carbons (Fsp3) is 0.571. The molecular weight excluding hydrogens is 246 g/mol. The van der Waals surface area contributed by atoms with E-state index >= 15 is 0 Å². The molecule has 0 aliphatic rings. The van der Waals surface area contributed by atoms with Crippen LogP contribution in [-0.2, 0) is 9.84 Å². The summed E-state index contributed by atoms with van der Waals surface area (Å²) in [6.07, 6.45) is 2.29. The fourth-order valence-corrected chi connectivity index (χ4v) is 2.67. The van der Waals surface area contributed by atoms with E-state index < -0.39 is 9.84 Å². The molecule has 0 aliphatic carbocycles. The number of anilines is 1. The normalized spacial score (nSPS) is 13.7. The maximum absolute atomic E-state index is 11.5. The van der Waals surface area contributed by atoms with E-state index in [4.69, 9.17) is 0 Å². The first-order valence-corrected chi connectivity index (χ1v) is 8.16. The van der Waals surface area contributed by atoms with Crippen molar-refractivity contribution < 1.29 is 8.42 Å². The zero-order valence-electron chi connectivity index (χ0n) is 11.8. The van der Waals surface area contributed by atoms with Gasteiger partial charge >= 0.3 is 0 Å². The molecule has 1 unspecified atom stereocenters. The Morgan fingerprint density at radius 2 is 1.83 bits per heavy atom. The molecular formula is C14H23NO2S. The topological polar surface area (TPSA) is 46.2 Å². The first-order chi connectivity index (χ1) is 8.20. The lowest BCUT2D eigenvalue weighted by atomic mass is 10.0. The molecule has 0 bridgehead atoms. The van der Waals surface area contributed by atoms with Gasteiger partial charge in [-0.1, -0.05) is 19.9 Å². The molecule has 3 nitrogen and oxygen atoms in total. The monoisotopic (exact) mass is 269 g/mol. The second-order valence-electron chi connectivity index (χ2n) is 5.42. The van der Waals surface area contributed by atoms with E-state index in [9.17, 15) is 8.42 Å². The molecule has 1 aromatic rings. The van der Waals surface area contributed by atoms with Crippen molar-refractivity contribution in [3.63, 3.8) is 0 Å². The van der Waals surface area contributed by atoms with E-state index in [2.05, 4.69) is 26.1 Å². The van der Waals surface area contributed by atoms with E-state index in [1.54, 1.807) is 12.1 Å². The lowest BCUT2D eigenvalue weighted by Gasteiger charge is -2.19. The molecule has 0 radical (unpaired) electrons. The van der Waals surface area contributed by atoms with Gasteiger partial charge in [0.25, 0.3) is 0 Å². The summed E-state index contributed by atoms with van der Waals surface area (Å²) in [7, 11) is -3.14. The molecule has 18 heavy (non-hydrogen) atoms. The van der Waals surface area contributed by atoms with Crippen LogP contribution < -0.4 is 5.32 Å². The van der Waals surface area contributed by atoms with Gasteiger partial charge in [-0.15, -0.1) is 0 Å². The highest BCUT2D eigenvalue weighted by Gasteiger charge is 2.11. The Morgan fingerprint density at radius 3 is 2.33 bits per heavy atom. The van der Waals surface area contributed by atoms with E-state index in [-0.39, 0.29) is 0 Å². The summed E-state index contributed by atoms with van der Waals surface area (Å²) in [6.45, 7) is 8.46. The number of hydrogen-bond donors (Lipinski definition) is 1. The molecule has 102 valence electrons. The largest absolute Gasteiger partial charge is 0.382 e. The Kier molecular flexibility index (Phi) is 4.79. The van der Waals surface area contributed by atoms with Crippen LogP contribution in [0.5, 0.6) is 0 Å². The molecule has 0 spiro atoms. The van der Waals surface area contributed by atoms with Crippen LogP contribution >= 0.6 is 0 Å². The molecule has 0 aliphatic heterocycles. The molecule has 0 fully saturated rings. The fourth-order valence-electron chi connectivity index (χ4n) is 2.02. The van der Waals surface area contributed by atoms with Gasteiger partial charge < -0.3 is 5.32 Å².